The van der Waals surface area contributed by atoms with Gasteiger partial charge >= 0.3 is 0 Å². The molecule has 0 saturated heterocycles. The molecule has 62 valence electrons. The Labute approximate surface area is 75.1 Å². The molecule has 0 N–H and O–H groups in total. The van der Waals surface area contributed by atoms with E-state index in [9.17, 15) is 0 Å². The van der Waals surface area contributed by atoms with Crippen LogP contribution in [0.4, 0.5) is 0 Å². The molecule has 0 bridgehead atoms. The van der Waals surface area contributed by atoms with Gasteiger partial charge in [0.15, 0.2) is 0 Å². The van der Waals surface area contributed by atoms with Crippen molar-refractivity contribution in [3.05, 3.63) is 17.5 Å². The molecule has 1 unspecified atom stereocenters. The van der Waals surface area contributed by atoms with Gasteiger partial charge in [0.05, 0.1) is 5.69 Å². The summed E-state index contributed by atoms with van der Waals surface area (Å²) in [5.74, 6) is 0. The SMILES string of the molecule is CCCC(Br)c1conc1C. The molecule has 1 atom stereocenters. The number of nitrogens with zero attached hydrogens (tertiary/aromatic N) is 1. The molecule has 11 heavy (non-hydrogen) atoms. The first-order valence-electron chi connectivity index (χ1n) is 3.80. The maximum Gasteiger partial charge on any atom is 0.128 e. The second-order valence-electron chi connectivity index (χ2n) is 2.61. The molecule has 1 aromatic heterocycles. The second kappa shape index (κ2) is 3.90. The number of hydrogen-bond acceptors (Lipinski definition) is 2. The third kappa shape index (κ3) is 2.06. The summed E-state index contributed by atoms with van der Waals surface area (Å²) in [4.78, 5) is 0.402. The molecule has 0 aliphatic carbocycles. The summed E-state index contributed by atoms with van der Waals surface area (Å²) in [6.07, 6.45) is 4.01. The molecule has 0 amide bonds. The van der Waals surface area contributed by atoms with Crippen LogP contribution < -0.4 is 0 Å². The van der Waals surface area contributed by atoms with Crippen molar-refractivity contribution in [2.24, 2.45) is 0 Å². The van der Waals surface area contributed by atoms with Gasteiger partial charge in [0.2, 0.25) is 0 Å². The van der Waals surface area contributed by atoms with Crippen molar-refractivity contribution < 1.29 is 4.52 Å². The average molecular weight is 218 g/mol. The summed E-state index contributed by atoms with van der Waals surface area (Å²) in [7, 11) is 0. The number of halogens is 1. The van der Waals surface area contributed by atoms with E-state index in [1.54, 1.807) is 6.26 Å². The van der Waals surface area contributed by atoms with Crippen LogP contribution in [0.2, 0.25) is 0 Å². The molecule has 0 fully saturated rings. The van der Waals surface area contributed by atoms with Crippen molar-refractivity contribution in [1.82, 2.24) is 5.16 Å². The highest BCUT2D eigenvalue weighted by Gasteiger charge is 2.11. The Morgan fingerprint density at radius 2 is 2.45 bits per heavy atom. The zero-order valence-electron chi connectivity index (χ0n) is 6.80. The Morgan fingerprint density at radius 3 is 2.91 bits per heavy atom. The molecule has 0 aliphatic rings. The van der Waals surface area contributed by atoms with Gasteiger partial charge in [-0.15, -0.1) is 0 Å². The fraction of sp³-hybridized carbons (Fsp3) is 0.625. The van der Waals surface area contributed by atoms with Gasteiger partial charge in [-0.1, -0.05) is 34.4 Å². The molecule has 2 nitrogen and oxygen atoms in total. The van der Waals surface area contributed by atoms with Gasteiger partial charge in [0, 0.05) is 10.4 Å². The van der Waals surface area contributed by atoms with Crippen LogP contribution in [0, 0.1) is 6.92 Å². The van der Waals surface area contributed by atoms with Crippen LogP contribution in [0.5, 0.6) is 0 Å². The van der Waals surface area contributed by atoms with Crippen LogP contribution in [-0.4, -0.2) is 5.16 Å². The van der Waals surface area contributed by atoms with Crippen molar-refractivity contribution >= 4 is 15.9 Å². The number of rotatable bonds is 3. The summed E-state index contributed by atoms with van der Waals surface area (Å²) >= 11 is 3.58. The Balaban J connectivity index is 2.67. The first kappa shape index (κ1) is 8.78. The normalized spacial score (nSPS) is 13.4. The molecule has 0 aliphatic heterocycles. The number of aromatic nitrogens is 1. The smallest absolute Gasteiger partial charge is 0.128 e. The minimum atomic E-state index is 0.402. The molecular weight excluding hydrogens is 206 g/mol. The third-order valence-electron chi connectivity index (χ3n) is 1.67. The molecule has 1 aromatic rings. The van der Waals surface area contributed by atoms with Gasteiger partial charge in [0.1, 0.15) is 6.26 Å². The molecule has 3 heteroatoms. The second-order valence-corrected chi connectivity index (χ2v) is 3.72. The van der Waals surface area contributed by atoms with Crippen LogP contribution in [-0.2, 0) is 0 Å². The standard InChI is InChI=1S/C8H12BrNO/c1-3-4-8(9)7-5-11-10-6(7)2/h5,8H,3-4H2,1-2H3. The number of aryl methyl sites for hydroxylation is 1. The molecule has 1 heterocycles. The molecule has 1 rings (SSSR count). The Hall–Kier alpha value is -0.310. The van der Waals surface area contributed by atoms with Crippen molar-refractivity contribution in [2.45, 2.75) is 31.5 Å². The lowest BCUT2D eigenvalue weighted by Crippen LogP contribution is -1.89. The molecule has 0 spiro atoms. The summed E-state index contributed by atoms with van der Waals surface area (Å²) in [6, 6.07) is 0. The highest BCUT2D eigenvalue weighted by Crippen LogP contribution is 2.29. The first-order chi connectivity index (χ1) is 5.25. The molecule has 0 saturated carbocycles. The largest absolute Gasteiger partial charge is 0.364 e. The Morgan fingerprint density at radius 1 is 1.73 bits per heavy atom. The van der Waals surface area contributed by atoms with Crippen molar-refractivity contribution in [3.8, 4) is 0 Å². The van der Waals surface area contributed by atoms with E-state index in [-0.39, 0.29) is 0 Å². The van der Waals surface area contributed by atoms with E-state index in [1.807, 2.05) is 6.92 Å². The van der Waals surface area contributed by atoms with Gasteiger partial charge in [-0.25, -0.2) is 0 Å². The minimum absolute atomic E-state index is 0.402. The predicted octanol–water partition coefficient (Wildman–Crippen LogP) is 3.22. The van der Waals surface area contributed by atoms with E-state index in [2.05, 4.69) is 28.0 Å². The lowest BCUT2D eigenvalue weighted by atomic mass is 10.1. The number of alkyl halides is 1. The zero-order chi connectivity index (χ0) is 8.27. The highest BCUT2D eigenvalue weighted by molar-refractivity contribution is 9.09. The maximum absolute atomic E-state index is 4.83. The van der Waals surface area contributed by atoms with Crippen molar-refractivity contribution in [2.75, 3.05) is 0 Å². The van der Waals surface area contributed by atoms with E-state index in [0.717, 1.165) is 12.1 Å². The van der Waals surface area contributed by atoms with Gasteiger partial charge in [-0.3, -0.25) is 0 Å². The first-order valence-corrected chi connectivity index (χ1v) is 4.72. The lowest BCUT2D eigenvalue weighted by Gasteiger charge is -2.04. The van der Waals surface area contributed by atoms with Crippen LogP contribution in [0.3, 0.4) is 0 Å². The highest BCUT2D eigenvalue weighted by atomic mass is 79.9. The quantitative estimate of drug-likeness (QED) is 0.728. The molecule has 0 radical (unpaired) electrons. The van der Waals surface area contributed by atoms with Crippen molar-refractivity contribution in [3.63, 3.8) is 0 Å². The van der Waals surface area contributed by atoms with Crippen molar-refractivity contribution in [1.29, 1.82) is 0 Å². The third-order valence-corrected chi connectivity index (χ3v) is 2.62. The summed E-state index contributed by atoms with van der Waals surface area (Å²) < 4.78 is 4.83. The van der Waals surface area contributed by atoms with Crippen LogP contribution in [0.25, 0.3) is 0 Å². The predicted molar refractivity (Wildman–Crippen MR) is 47.8 cm³/mol. The van der Waals surface area contributed by atoms with E-state index in [4.69, 9.17) is 4.52 Å². The van der Waals surface area contributed by atoms with E-state index in [1.165, 1.54) is 12.0 Å². The summed E-state index contributed by atoms with van der Waals surface area (Å²) in [5, 5.41) is 3.81. The van der Waals surface area contributed by atoms with Crippen LogP contribution in [0.15, 0.2) is 10.8 Å². The molecular formula is C8H12BrNO. The van der Waals surface area contributed by atoms with E-state index >= 15 is 0 Å². The van der Waals surface area contributed by atoms with Gasteiger partial charge in [-0.05, 0) is 13.3 Å². The maximum atomic E-state index is 4.83. The Kier molecular flexibility index (Phi) is 3.12. The van der Waals surface area contributed by atoms with Crippen LogP contribution >= 0.6 is 15.9 Å². The monoisotopic (exact) mass is 217 g/mol. The fourth-order valence-corrected chi connectivity index (χ4v) is 1.91. The van der Waals surface area contributed by atoms with Gasteiger partial charge in [0.25, 0.3) is 0 Å². The topological polar surface area (TPSA) is 26.0 Å². The van der Waals surface area contributed by atoms with Crippen LogP contribution in [0.1, 0.15) is 35.8 Å². The fourth-order valence-electron chi connectivity index (χ4n) is 1.01. The zero-order valence-corrected chi connectivity index (χ0v) is 8.39. The summed E-state index contributed by atoms with van der Waals surface area (Å²) in [5.41, 5.74) is 2.16. The van der Waals surface area contributed by atoms with E-state index in [0.29, 0.717) is 4.83 Å². The van der Waals surface area contributed by atoms with E-state index < -0.39 is 0 Å². The van der Waals surface area contributed by atoms with Gasteiger partial charge in [-0.2, -0.15) is 0 Å². The van der Waals surface area contributed by atoms with Gasteiger partial charge < -0.3 is 4.52 Å². The summed E-state index contributed by atoms with van der Waals surface area (Å²) in [6.45, 7) is 4.12. The minimum Gasteiger partial charge on any atom is -0.364 e. The number of hydrogen-bond donors (Lipinski definition) is 0. The average Bonchev–Trinajstić information content (AvgIpc) is 2.36. The lowest BCUT2D eigenvalue weighted by molar-refractivity contribution is 0.414. The molecule has 0 aromatic carbocycles. The Bertz CT molecular complexity index is 222.